The largest absolute Gasteiger partial charge is 0.433 e. The van der Waals surface area contributed by atoms with Gasteiger partial charge in [-0.3, -0.25) is 0 Å². The molecule has 3 N–H and O–H groups in total. The van der Waals surface area contributed by atoms with Gasteiger partial charge in [0.2, 0.25) is 0 Å². The van der Waals surface area contributed by atoms with E-state index in [0.717, 1.165) is 18.3 Å². The number of nitrogens with one attached hydrogen (secondary N) is 1. The fraction of sp³-hybridized carbons (Fsp3) is 0.0833. The Morgan fingerprint density at radius 1 is 1.05 bits per heavy atom. The number of nitrogens with two attached hydrogens (primary N) is 1. The van der Waals surface area contributed by atoms with E-state index in [-0.39, 0.29) is 21.5 Å². The van der Waals surface area contributed by atoms with Gasteiger partial charge >= 0.3 is 6.18 Å². The van der Waals surface area contributed by atoms with Crippen LogP contribution in [0, 0.1) is 11.6 Å². The zero-order valence-electron chi connectivity index (χ0n) is 10.1. The van der Waals surface area contributed by atoms with Crippen LogP contribution in [0.25, 0.3) is 0 Å². The van der Waals surface area contributed by atoms with E-state index in [2.05, 4.69) is 26.2 Å². The molecule has 0 radical (unpaired) electrons. The molecular weight excluding hydrogens is 361 g/mol. The highest BCUT2D eigenvalue weighted by atomic mass is 79.9. The summed E-state index contributed by atoms with van der Waals surface area (Å²) in [5, 5.41) is 2.32. The minimum absolute atomic E-state index is 0.107. The summed E-state index contributed by atoms with van der Waals surface area (Å²) in [4.78, 5) is 3.14. The van der Waals surface area contributed by atoms with Gasteiger partial charge in [-0.05, 0) is 28.1 Å². The van der Waals surface area contributed by atoms with Crippen LogP contribution in [0.5, 0.6) is 0 Å². The number of hydrogen-bond acceptors (Lipinski definition) is 3. The Balaban J connectivity index is 2.42. The Morgan fingerprint density at radius 3 is 2.33 bits per heavy atom. The number of anilines is 3. The lowest BCUT2D eigenvalue weighted by Gasteiger charge is -2.13. The van der Waals surface area contributed by atoms with Crippen LogP contribution in [0.1, 0.15) is 5.69 Å². The molecule has 2 aromatic rings. The SMILES string of the molecule is Nc1cnc(C(F)(F)F)cc1Nc1cc(F)c(Br)cc1F. The lowest BCUT2D eigenvalue weighted by Crippen LogP contribution is -2.10. The number of aromatic nitrogens is 1. The molecule has 0 aliphatic carbocycles. The molecule has 0 aliphatic rings. The molecule has 0 bridgehead atoms. The van der Waals surface area contributed by atoms with Gasteiger partial charge in [0.1, 0.15) is 17.3 Å². The molecule has 3 nitrogen and oxygen atoms in total. The Labute approximate surface area is 124 Å². The minimum atomic E-state index is -4.67. The predicted octanol–water partition coefficient (Wildman–Crippen LogP) is 4.47. The van der Waals surface area contributed by atoms with E-state index >= 15 is 0 Å². The van der Waals surface area contributed by atoms with Crippen molar-refractivity contribution in [2.45, 2.75) is 6.18 Å². The number of pyridine rings is 1. The smallest absolute Gasteiger partial charge is 0.396 e. The average Bonchev–Trinajstić information content (AvgIpc) is 2.37. The van der Waals surface area contributed by atoms with Crippen LogP contribution >= 0.6 is 15.9 Å². The molecule has 9 heteroatoms. The molecule has 21 heavy (non-hydrogen) atoms. The number of nitrogens with zero attached hydrogens (tertiary/aromatic N) is 1. The maximum absolute atomic E-state index is 13.6. The van der Waals surface area contributed by atoms with E-state index in [1.165, 1.54) is 0 Å². The number of halogens is 6. The van der Waals surface area contributed by atoms with Gasteiger partial charge in [0.25, 0.3) is 0 Å². The first-order valence-corrected chi connectivity index (χ1v) is 6.22. The quantitative estimate of drug-likeness (QED) is 0.608. The molecule has 2 rings (SSSR count). The number of alkyl halides is 3. The van der Waals surface area contributed by atoms with Gasteiger partial charge in [-0.15, -0.1) is 0 Å². The van der Waals surface area contributed by atoms with Crippen LogP contribution in [0.15, 0.2) is 28.9 Å². The van der Waals surface area contributed by atoms with Crippen LogP contribution in [0.2, 0.25) is 0 Å². The highest BCUT2D eigenvalue weighted by molar-refractivity contribution is 9.10. The summed E-state index contributed by atoms with van der Waals surface area (Å²) < 4.78 is 64.6. The lowest BCUT2D eigenvalue weighted by molar-refractivity contribution is -0.141. The van der Waals surface area contributed by atoms with Gasteiger partial charge < -0.3 is 11.1 Å². The topological polar surface area (TPSA) is 50.9 Å². The van der Waals surface area contributed by atoms with E-state index in [4.69, 9.17) is 5.73 Å². The Hall–Kier alpha value is -1.90. The third kappa shape index (κ3) is 3.41. The van der Waals surface area contributed by atoms with Gasteiger partial charge in [-0.25, -0.2) is 13.8 Å². The molecule has 0 atom stereocenters. The number of hydrogen-bond donors (Lipinski definition) is 2. The third-order valence-electron chi connectivity index (χ3n) is 2.50. The number of nitrogen functional groups attached to an aromatic ring is 1. The van der Waals surface area contributed by atoms with Crippen molar-refractivity contribution >= 4 is 33.0 Å². The van der Waals surface area contributed by atoms with E-state index < -0.39 is 23.5 Å². The maximum Gasteiger partial charge on any atom is 0.433 e. The van der Waals surface area contributed by atoms with Crippen molar-refractivity contribution in [1.29, 1.82) is 0 Å². The molecule has 0 fully saturated rings. The van der Waals surface area contributed by atoms with Crippen molar-refractivity contribution in [3.8, 4) is 0 Å². The van der Waals surface area contributed by atoms with E-state index in [1.807, 2.05) is 0 Å². The average molecular weight is 368 g/mol. The van der Waals surface area contributed by atoms with Crippen molar-refractivity contribution in [2.75, 3.05) is 11.1 Å². The zero-order valence-corrected chi connectivity index (χ0v) is 11.7. The normalized spacial score (nSPS) is 11.5. The molecular formula is C12H7BrF5N3. The summed E-state index contributed by atoms with van der Waals surface area (Å²) in [5.41, 5.74) is 3.58. The van der Waals surface area contributed by atoms with Crippen molar-refractivity contribution in [3.63, 3.8) is 0 Å². The Kier molecular flexibility index (Phi) is 4.04. The van der Waals surface area contributed by atoms with Crippen molar-refractivity contribution in [1.82, 2.24) is 4.98 Å². The van der Waals surface area contributed by atoms with E-state index in [0.29, 0.717) is 6.07 Å². The van der Waals surface area contributed by atoms with Crippen LogP contribution in [0.4, 0.5) is 39.0 Å². The van der Waals surface area contributed by atoms with E-state index in [1.54, 1.807) is 0 Å². The van der Waals surface area contributed by atoms with Gasteiger partial charge in [0.15, 0.2) is 0 Å². The van der Waals surface area contributed by atoms with Crippen molar-refractivity contribution in [2.24, 2.45) is 0 Å². The summed E-state index contributed by atoms with van der Waals surface area (Å²) in [5.74, 6) is -1.63. The molecule has 1 aromatic carbocycles. The second-order valence-corrected chi connectivity index (χ2v) is 4.88. The second-order valence-electron chi connectivity index (χ2n) is 4.03. The number of benzene rings is 1. The molecule has 0 amide bonds. The second kappa shape index (κ2) is 5.47. The standard InChI is InChI=1S/C12H7BrF5N3/c13-5-1-7(15)9(2-6(5)14)21-10-3-11(12(16,17)18)20-4-8(10)19/h1-4H,19H2,(H,20,21). The fourth-order valence-corrected chi connectivity index (χ4v) is 1.81. The first-order chi connectivity index (χ1) is 9.68. The predicted molar refractivity (Wildman–Crippen MR) is 71.0 cm³/mol. The zero-order chi connectivity index (χ0) is 15.8. The van der Waals surface area contributed by atoms with Crippen LogP contribution in [-0.4, -0.2) is 4.98 Å². The molecule has 1 heterocycles. The van der Waals surface area contributed by atoms with Gasteiger partial charge in [0, 0.05) is 6.07 Å². The summed E-state index contributed by atoms with van der Waals surface area (Å²) in [6, 6.07) is 2.26. The van der Waals surface area contributed by atoms with Crippen LogP contribution in [0.3, 0.4) is 0 Å². The summed E-state index contributed by atoms with van der Waals surface area (Å²) in [6.07, 6.45) is -3.88. The highest BCUT2D eigenvalue weighted by Gasteiger charge is 2.33. The van der Waals surface area contributed by atoms with Gasteiger partial charge in [-0.2, -0.15) is 13.2 Å². The Morgan fingerprint density at radius 2 is 1.71 bits per heavy atom. The monoisotopic (exact) mass is 367 g/mol. The first-order valence-electron chi connectivity index (χ1n) is 5.43. The molecule has 0 spiro atoms. The maximum atomic E-state index is 13.6. The van der Waals surface area contributed by atoms with Crippen molar-refractivity contribution in [3.05, 3.63) is 46.2 Å². The molecule has 0 saturated carbocycles. The third-order valence-corrected chi connectivity index (χ3v) is 3.11. The van der Waals surface area contributed by atoms with E-state index in [9.17, 15) is 22.0 Å². The van der Waals surface area contributed by atoms with Crippen LogP contribution in [-0.2, 0) is 6.18 Å². The Bertz CT molecular complexity index is 687. The van der Waals surface area contributed by atoms with Crippen molar-refractivity contribution < 1.29 is 22.0 Å². The van der Waals surface area contributed by atoms with Gasteiger partial charge in [0.05, 0.1) is 27.7 Å². The number of rotatable bonds is 2. The molecule has 0 aliphatic heterocycles. The fourth-order valence-electron chi connectivity index (χ4n) is 1.49. The summed E-state index contributed by atoms with van der Waals surface area (Å²) in [6.45, 7) is 0. The van der Waals surface area contributed by atoms with Gasteiger partial charge in [-0.1, -0.05) is 0 Å². The highest BCUT2D eigenvalue weighted by Crippen LogP contribution is 2.33. The summed E-state index contributed by atoms with van der Waals surface area (Å²) in [7, 11) is 0. The molecule has 1 aromatic heterocycles. The van der Waals surface area contributed by atoms with Crippen LogP contribution < -0.4 is 11.1 Å². The minimum Gasteiger partial charge on any atom is -0.396 e. The first kappa shape index (κ1) is 15.5. The summed E-state index contributed by atoms with van der Waals surface area (Å²) >= 11 is 2.79. The molecule has 0 unspecified atom stereocenters. The molecule has 112 valence electrons. The lowest BCUT2D eigenvalue weighted by atomic mass is 10.2. The molecule has 0 saturated heterocycles.